The predicted molar refractivity (Wildman–Crippen MR) is 78.3 cm³/mol. The van der Waals surface area contributed by atoms with Crippen molar-refractivity contribution in [3.8, 4) is 0 Å². The molecule has 0 amide bonds. The average Bonchev–Trinajstić information content (AvgIpc) is 2.39. The van der Waals surface area contributed by atoms with Gasteiger partial charge in [-0.15, -0.1) is 0 Å². The number of piperidine rings is 1. The highest BCUT2D eigenvalue weighted by Crippen LogP contribution is 2.25. The Morgan fingerprint density at radius 1 is 1.26 bits per heavy atom. The minimum Gasteiger partial charge on any atom is -0.480 e. The molecule has 1 aliphatic rings. The van der Waals surface area contributed by atoms with Gasteiger partial charge in [0.25, 0.3) is 0 Å². The summed E-state index contributed by atoms with van der Waals surface area (Å²) in [6.45, 7) is 0.269. The van der Waals surface area contributed by atoms with E-state index in [1.54, 1.807) is 12.1 Å². The third-order valence-corrected chi connectivity index (χ3v) is 5.80. The minimum atomic E-state index is -3.72. The number of carboxylic acids is 1. The lowest BCUT2D eigenvalue weighted by Crippen LogP contribution is -2.47. The fourth-order valence-electron chi connectivity index (χ4n) is 2.18. The fourth-order valence-corrected chi connectivity index (χ4v) is 4.19. The summed E-state index contributed by atoms with van der Waals surface area (Å²) in [5.41, 5.74) is 0. The van der Waals surface area contributed by atoms with Crippen LogP contribution in [0.25, 0.3) is 0 Å². The van der Waals surface area contributed by atoms with Crippen molar-refractivity contribution in [2.75, 3.05) is 6.54 Å². The van der Waals surface area contributed by atoms with Gasteiger partial charge in [-0.25, -0.2) is 8.42 Å². The van der Waals surface area contributed by atoms with Gasteiger partial charge in [-0.3, -0.25) is 4.79 Å². The van der Waals surface area contributed by atoms with Gasteiger partial charge >= 0.3 is 5.97 Å². The van der Waals surface area contributed by atoms with Gasteiger partial charge in [-0.2, -0.15) is 4.31 Å². The highest BCUT2D eigenvalue weighted by molar-refractivity contribution is 14.1. The lowest BCUT2D eigenvalue weighted by atomic mass is 10.1. The Kier molecular flexibility index (Phi) is 4.46. The standard InChI is InChI=1S/C12H14INO4S/c13-9-4-6-10(7-5-9)19(17,18)14-8-2-1-3-11(14)12(15)16/h4-7,11H,1-3,8H2,(H,15,16). The minimum absolute atomic E-state index is 0.154. The van der Waals surface area contributed by atoms with E-state index in [9.17, 15) is 13.2 Å². The summed E-state index contributed by atoms with van der Waals surface area (Å²) in [4.78, 5) is 11.3. The number of hydrogen-bond acceptors (Lipinski definition) is 3. The van der Waals surface area contributed by atoms with Crippen molar-refractivity contribution < 1.29 is 18.3 Å². The van der Waals surface area contributed by atoms with Crippen LogP contribution in [0.2, 0.25) is 0 Å². The average molecular weight is 395 g/mol. The van der Waals surface area contributed by atoms with Crippen LogP contribution in [0.3, 0.4) is 0 Å². The molecule has 1 heterocycles. The maximum absolute atomic E-state index is 12.5. The first-order valence-corrected chi connectivity index (χ1v) is 8.45. The zero-order valence-corrected chi connectivity index (χ0v) is 13.1. The topological polar surface area (TPSA) is 74.7 Å². The summed E-state index contributed by atoms with van der Waals surface area (Å²) < 4.78 is 27.0. The number of hydrogen-bond donors (Lipinski definition) is 1. The number of benzene rings is 1. The highest BCUT2D eigenvalue weighted by Gasteiger charge is 2.37. The number of carboxylic acid groups (broad SMARTS) is 1. The van der Waals surface area contributed by atoms with E-state index in [4.69, 9.17) is 5.11 Å². The number of sulfonamides is 1. The van der Waals surface area contributed by atoms with E-state index in [0.29, 0.717) is 12.8 Å². The number of halogens is 1. The second-order valence-electron chi connectivity index (χ2n) is 4.42. The molecule has 0 bridgehead atoms. The van der Waals surface area contributed by atoms with E-state index >= 15 is 0 Å². The number of aliphatic carboxylic acids is 1. The van der Waals surface area contributed by atoms with Crippen molar-refractivity contribution in [1.82, 2.24) is 4.31 Å². The van der Waals surface area contributed by atoms with Crippen LogP contribution in [0.15, 0.2) is 29.2 Å². The molecule has 0 spiro atoms. The molecule has 104 valence electrons. The number of nitrogens with zero attached hydrogens (tertiary/aromatic N) is 1. The number of rotatable bonds is 3. The summed E-state index contributed by atoms with van der Waals surface area (Å²) in [5, 5.41) is 9.16. The number of carbonyl (C=O) groups is 1. The van der Waals surface area contributed by atoms with Crippen LogP contribution < -0.4 is 0 Å². The van der Waals surface area contributed by atoms with Gasteiger partial charge in [0.2, 0.25) is 10.0 Å². The molecule has 2 rings (SSSR count). The van der Waals surface area contributed by atoms with Crippen molar-refractivity contribution in [2.45, 2.75) is 30.2 Å². The molecule has 1 aliphatic heterocycles. The van der Waals surface area contributed by atoms with Crippen LogP contribution in [0, 0.1) is 3.57 Å². The van der Waals surface area contributed by atoms with Gasteiger partial charge in [0, 0.05) is 10.1 Å². The second kappa shape index (κ2) is 5.76. The molecule has 7 heteroatoms. The Balaban J connectivity index is 2.37. The summed E-state index contributed by atoms with van der Waals surface area (Å²) in [6, 6.07) is 5.49. The van der Waals surface area contributed by atoms with Crippen LogP contribution in [-0.2, 0) is 14.8 Å². The summed E-state index contributed by atoms with van der Waals surface area (Å²) >= 11 is 2.09. The molecule has 1 saturated heterocycles. The van der Waals surface area contributed by atoms with E-state index in [0.717, 1.165) is 14.3 Å². The largest absolute Gasteiger partial charge is 0.480 e. The third-order valence-electron chi connectivity index (χ3n) is 3.16. The van der Waals surface area contributed by atoms with Crippen molar-refractivity contribution in [1.29, 1.82) is 0 Å². The van der Waals surface area contributed by atoms with Gasteiger partial charge in [0.1, 0.15) is 6.04 Å². The zero-order valence-electron chi connectivity index (χ0n) is 10.1. The predicted octanol–water partition coefficient (Wildman–Crippen LogP) is 1.92. The molecule has 0 saturated carbocycles. The molecule has 1 atom stereocenters. The van der Waals surface area contributed by atoms with Crippen molar-refractivity contribution in [3.63, 3.8) is 0 Å². The molecule has 1 fully saturated rings. The Morgan fingerprint density at radius 3 is 2.47 bits per heavy atom. The molecule has 19 heavy (non-hydrogen) atoms. The van der Waals surface area contributed by atoms with E-state index in [1.807, 2.05) is 0 Å². The first-order chi connectivity index (χ1) is 8.93. The first kappa shape index (κ1) is 14.7. The molecular formula is C12H14INO4S. The van der Waals surface area contributed by atoms with Gasteiger partial charge in [-0.05, 0) is 66.1 Å². The van der Waals surface area contributed by atoms with Crippen molar-refractivity contribution in [2.24, 2.45) is 0 Å². The first-order valence-electron chi connectivity index (χ1n) is 5.93. The molecule has 5 nitrogen and oxygen atoms in total. The Hall–Kier alpha value is -0.670. The fraction of sp³-hybridized carbons (Fsp3) is 0.417. The summed E-state index contributed by atoms with van der Waals surface area (Å²) in [5.74, 6) is -1.08. The molecule has 1 unspecified atom stereocenters. The van der Waals surface area contributed by atoms with Gasteiger partial charge in [0.15, 0.2) is 0 Å². The summed E-state index contributed by atoms with van der Waals surface area (Å²) in [7, 11) is -3.72. The highest BCUT2D eigenvalue weighted by atomic mass is 127. The molecular weight excluding hydrogens is 381 g/mol. The second-order valence-corrected chi connectivity index (χ2v) is 7.56. The lowest BCUT2D eigenvalue weighted by Gasteiger charge is -2.31. The lowest BCUT2D eigenvalue weighted by molar-refractivity contribution is -0.142. The van der Waals surface area contributed by atoms with Gasteiger partial charge < -0.3 is 5.11 Å². The van der Waals surface area contributed by atoms with Crippen molar-refractivity contribution in [3.05, 3.63) is 27.8 Å². The molecule has 0 radical (unpaired) electrons. The quantitative estimate of drug-likeness (QED) is 0.794. The summed E-state index contributed by atoms with van der Waals surface area (Å²) in [6.07, 6.45) is 1.82. The van der Waals surface area contributed by atoms with Gasteiger partial charge in [0.05, 0.1) is 4.90 Å². The monoisotopic (exact) mass is 395 g/mol. The Morgan fingerprint density at radius 2 is 1.89 bits per heavy atom. The van der Waals surface area contributed by atoms with Crippen LogP contribution in [0.4, 0.5) is 0 Å². The smallest absolute Gasteiger partial charge is 0.322 e. The molecule has 1 N–H and O–H groups in total. The van der Waals surface area contributed by atoms with Crippen LogP contribution in [-0.4, -0.2) is 36.4 Å². The molecule has 1 aromatic carbocycles. The molecule has 0 aliphatic carbocycles. The maximum Gasteiger partial charge on any atom is 0.322 e. The van der Waals surface area contributed by atoms with Crippen LogP contribution >= 0.6 is 22.6 Å². The zero-order chi connectivity index (χ0) is 14.0. The molecule has 1 aromatic rings. The van der Waals surface area contributed by atoms with E-state index in [1.165, 1.54) is 12.1 Å². The van der Waals surface area contributed by atoms with Crippen molar-refractivity contribution >= 4 is 38.6 Å². The SMILES string of the molecule is O=C(O)C1CCCCN1S(=O)(=O)c1ccc(I)cc1. The van der Waals surface area contributed by atoms with Crippen LogP contribution in [0.5, 0.6) is 0 Å². The van der Waals surface area contributed by atoms with E-state index in [2.05, 4.69) is 22.6 Å². The molecule has 0 aromatic heterocycles. The van der Waals surface area contributed by atoms with Crippen LogP contribution in [0.1, 0.15) is 19.3 Å². The normalized spacial score (nSPS) is 21.2. The Labute approximate surface area is 125 Å². The maximum atomic E-state index is 12.5. The third kappa shape index (κ3) is 3.09. The van der Waals surface area contributed by atoms with E-state index < -0.39 is 22.0 Å². The Bertz CT molecular complexity index is 570. The van der Waals surface area contributed by atoms with Gasteiger partial charge in [-0.1, -0.05) is 0 Å². The van der Waals surface area contributed by atoms with E-state index in [-0.39, 0.29) is 11.4 Å².